The van der Waals surface area contributed by atoms with Gasteiger partial charge in [-0.25, -0.2) is 9.38 Å². The molecule has 0 aliphatic carbocycles. The molecule has 0 fully saturated rings. The Labute approximate surface area is 219 Å². The van der Waals surface area contributed by atoms with Crippen LogP contribution >= 0.6 is 0 Å². The largest absolute Gasteiger partial charge is 0.494 e. The quantitative estimate of drug-likeness (QED) is 0.157. The third kappa shape index (κ3) is 6.47. The summed E-state index contributed by atoms with van der Waals surface area (Å²) in [6.07, 6.45) is 0.988. The summed E-state index contributed by atoms with van der Waals surface area (Å²) >= 11 is 0. The Hall–Kier alpha value is -4.40. The molecular formula is C28H28FN5O4. The van der Waals surface area contributed by atoms with Crippen LogP contribution in [0.5, 0.6) is 5.75 Å². The van der Waals surface area contributed by atoms with Crippen LogP contribution in [0.3, 0.4) is 0 Å². The van der Waals surface area contributed by atoms with Crippen molar-refractivity contribution in [3.8, 4) is 5.75 Å². The second kappa shape index (κ2) is 12.7. The van der Waals surface area contributed by atoms with Crippen molar-refractivity contribution in [3.05, 3.63) is 106 Å². The number of amides is 1. The first-order valence-electron chi connectivity index (χ1n) is 12.3. The summed E-state index contributed by atoms with van der Waals surface area (Å²) in [5, 5.41) is 15.6. The number of azide groups is 1. The molecule has 1 heterocycles. The van der Waals surface area contributed by atoms with Gasteiger partial charge >= 0.3 is 0 Å². The SMILES string of the molecule is [N-]=[N+]=Nc1ccccc1C[C@]1(C(=O)NCCc2ccccc2F)COC(c2ccc(OCCCO)cc2)=N1. The van der Waals surface area contributed by atoms with Crippen molar-refractivity contribution in [2.75, 3.05) is 26.4 Å². The van der Waals surface area contributed by atoms with E-state index in [1.165, 1.54) is 6.07 Å². The van der Waals surface area contributed by atoms with Gasteiger partial charge in [0.2, 0.25) is 5.90 Å². The minimum Gasteiger partial charge on any atom is -0.494 e. The highest BCUT2D eigenvalue weighted by atomic mass is 19.1. The van der Waals surface area contributed by atoms with Gasteiger partial charge < -0.3 is 19.9 Å². The summed E-state index contributed by atoms with van der Waals surface area (Å²) in [6.45, 7) is 0.640. The van der Waals surface area contributed by atoms with E-state index in [0.29, 0.717) is 53.5 Å². The lowest BCUT2D eigenvalue weighted by molar-refractivity contribution is -0.126. The van der Waals surface area contributed by atoms with Gasteiger partial charge in [-0.05, 0) is 53.4 Å². The van der Waals surface area contributed by atoms with Crippen LogP contribution < -0.4 is 10.1 Å². The molecule has 38 heavy (non-hydrogen) atoms. The molecule has 196 valence electrons. The van der Waals surface area contributed by atoms with E-state index in [-0.39, 0.29) is 37.9 Å². The van der Waals surface area contributed by atoms with E-state index in [1.54, 1.807) is 66.7 Å². The minimum absolute atomic E-state index is 0.0206. The van der Waals surface area contributed by atoms with Crippen LogP contribution in [-0.2, 0) is 22.4 Å². The fourth-order valence-electron chi connectivity index (χ4n) is 4.13. The first-order chi connectivity index (χ1) is 18.5. The van der Waals surface area contributed by atoms with Crippen LogP contribution in [0, 0.1) is 5.82 Å². The van der Waals surface area contributed by atoms with Crippen molar-refractivity contribution in [1.29, 1.82) is 0 Å². The maximum absolute atomic E-state index is 14.0. The number of aliphatic imine (C=N–C) groups is 1. The third-order valence-electron chi connectivity index (χ3n) is 6.12. The molecule has 0 radical (unpaired) electrons. The highest BCUT2D eigenvalue weighted by Gasteiger charge is 2.44. The zero-order valence-electron chi connectivity index (χ0n) is 20.7. The number of nitrogens with one attached hydrogen (secondary N) is 1. The van der Waals surface area contributed by atoms with Crippen molar-refractivity contribution < 1.29 is 23.8 Å². The van der Waals surface area contributed by atoms with Gasteiger partial charge in [0, 0.05) is 42.2 Å². The molecule has 0 unspecified atom stereocenters. The number of carbonyl (C=O) groups excluding carboxylic acids is 1. The van der Waals surface area contributed by atoms with Crippen LogP contribution in [-0.4, -0.2) is 48.8 Å². The Kier molecular flexibility index (Phi) is 8.92. The fourth-order valence-corrected chi connectivity index (χ4v) is 4.13. The number of rotatable bonds is 12. The predicted octanol–water partition coefficient (Wildman–Crippen LogP) is 4.65. The Morgan fingerprint density at radius 2 is 1.87 bits per heavy atom. The van der Waals surface area contributed by atoms with Crippen molar-refractivity contribution in [2.45, 2.75) is 24.8 Å². The molecule has 4 rings (SSSR count). The van der Waals surface area contributed by atoms with E-state index in [2.05, 4.69) is 15.3 Å². The molecule has 0 saturated heterocycles. The zero-order chi connectivity index (χ0) is 26.8. The number of hydrogen-bond donors (Lipinski definition) is 2. The van der Waals surface area contributed by atoms with Gasteiger partial charge in [0.05, 0.1) is 6.61 Å². The molecule has 1 atom stereocenters. The van der Waals surface area contributed by atoms with Crippen LogP contribution in [0.15, 0.2) is 82.9 Å². The van der Waals surface area contributed by atoms with Crippen LogP contribution in [0.1, 0.15) is 23.1 Å². The molecule has 3 aromatic carbocycles. The average Bonchev–Trinajstić information content (AvgIpc) is 3.37. The lowest BCUT2D eigenvalue weighted by Gasteiger charge is -2.24. The van der Waals surface area contributed by atoms with E-state index in [1.807, 2.05) is 0 Å². The Balaban J connectivity index is 1.57. The van der Waals surface area contributed by atoms with Gasteiger partial charge in [0.15, 0.2) is 5.54 Å². The van der Waals surface area contributed by atoms with Gasteiger partial charge in [-0.2, -0.15) is 0 Å². The first kappa shape index (κ1) is 26.7. The first-order valence-corrected chi connectivity index (χ1v) is 12.3. The number of nitrogens with zero attached hydrogens (tertiary/aromatic N) is 4. The molecule has 2 N–H and O–H groups in total. The zero-order valence-corrected chi connectivity index (χ0v) is 20.7. The summed E-state index contributed by atoms with van der Waals surface area (Å²) in [7, 11) is 0. The predicted molar refractivity (Wildman–Crippen MR) is 141 cm³/mol. The summed E-state index contributed by atoms with van der Waals surface area (Å²) in [5.74, 6) is 0.246. The molecule has 3 aromatic rings. The molecule has 10 heteroatoms. The van der Waals surface area contributed by atoms with Crippen LogP contribution in [0.4, 0.5) is 10.1 Å². The van der Waals surface area contributed by atoms with E-state index < -0.39 is 5.54 Å². The van der Waals surface area contributed by atoms with Crippen molar-refractivity contribution in [3.63, 3.8) is 0 Å². The summed E-state index contributed by atoms with van der Waals surface area (Å²) in [4.78, 5) is 21.2. The number of carbonyl (C=O) groups is 1. The molecule has 1 aliphatic heterocycles. The molecule has 0 bridgehead atoms. The molecule has 0 aromatic heterocycles. The summed E-state index contributed by atoms with van der Waals surface area (Å²) < 4.78 is 25.5. The van der Waals surface area contributed by atoms with Gasteiger partial charge in [-0.15, -0.1) is 0 Å². The molecule has 9 nitrogen and oxygen atoms in total. The second-order valence-electron chi connectivity index (χ2n) is 8.78. The number of aliphatic hydroxyl groups excluding tert-OH is 1. The highest BCUT2D eigenvalue weighted by Crippen LogP contribution is 2.31. The number of hydrogen-bond acceptors (Lipinski definition) is 6. The van der Waals surface area contributed by atoms with Crippen molar-refractivity contribution >= 4 is 17.5 Å². The summed E-state index contributed by atoms with van der Waals surface area (Å²) in [5.41, 5.74) is 9.89. The standard InChI is InChI=1S/C28H28FN5O4/c29-24-8-3-1-6-20(24)14-15-31-27(36)28(18-22-7-2-4-9-25(22)33-34-30)19-38-26(32-28)21-10-12-23(13-11-21)37-17-5-16-35/h1-4,6-13,35H,5,14-19H2,(H,31,36)/t28-/m1/s1. The fraction of sp³-hybridized carbons (Fsp3) is 0.286. The highest BCUT2D eigenvalue weighted by molar-refractivity contribution is 6.00. The van der Waals surface area contributed by atoms with E-state index in [9.17, 15) is 9.18 Å². The third-order valence-corrected chi connectivity index (χ3v) is 6.12. The number of benzene rings is 3. The van der Waals surface area contributed by atoms with Gasteiger partial charge in [0.25, 0.3) is 5.91 Å². The van der Waals surface area contributed by atoms with Crippen LogP contribution in [0.25, 0.3) is 10.4 Å². The molecular weight excluding hydrogens is 489 g/mol. The topological polar surface area (TPSA) is 129 Å². The van der Waals surface area contributed by atoms with E-state index >= 15 is 0 Å². The molecule has 0 saturated carbocycles. The molecule has 1 amide bonds. The van der Waals surface area contributed by atoms with Crippen LogP contribution in [0.2, 0.25) is 0 Å². The van der Waals surface area contributed by atoms with Crippen molar-refractivity contribution in [1.82, 2.24) is 5.32 Å². The van der Waals surface area contributed by atoms with E-state index in [4.69, 9.17) is 25.1 Å². The number of aliphatic hydroxyl groups is 1. The Bertz CT molecular complexity index is 1340. The lowest BCUT2D eigenvalue weighted by Crippen LogP contribution is -2.49. The second-order valence-corrected chi connectivity index (χ2v) is 8.78. The Morgan fingerprint density at radius 3 is 2.61 bits per heavy atom. The average molecular weight is 518 g/mol. The Morgan fingerprint density at radius 1 is 1.13 bits per heavy atom. The molecule has 0 spiro atoms. The van der Waals surface area contributed by atoms with Gasteiger partial charge in [-0.1, -0.05) is 47.6 Å². The summed E-state index contributed by atoms with van der Waals surface area (Å²) in [6, 6.07) is 20.5. The van der Waals surface area contributed by atoms with E-state index in [0.717, 1.165) is 0 Å². The normalized spacial score (nSPS) is 16.2. The maximum Gasteiger partial charge on any atom is 0.251 e. The van der Waals surface area contributed by atoms with Gasteiger partial charge in [-0.3, -0.25) is 4.79 Å². The maximum atomic E-state index is 14.0. The van der Waals surface area contributed by atoms with Crippen molar-refractivity contribution in [2.24, 2.45) is 10.1 Å². The smallest absolute Gasteiger partial charge is 0.251 e. The monoisotopic (exact) mass is 517 g/mol. The van der Waals surface area contributed by atoms with Gasteiger partial charge in [0.1, 0.15) is 18.2 Å². The minimum atomic E-state index is -1.32. The number of ether oxygens (including phenoxy) is 2. The number of halogens is 1. The lowest BCUT2D eigenvalue weighted by atomic mass is 9.90. The molecule has 1 aliphatic rings.